The van der Waals surface area contributed by atoms with Crippen molar-refractivity contribution in [3.63, 3.8) is 0 Å². The summed E-state index contributed by atoms with van der Waals surface area (Å²) < 4.78 is 33.2. The monoisotopic (exact) mass is 1210 g/mol. The average molecular weight is 1210 g/mol. The van der Waals surface area contributed by atoms with E-state index in [1.165, 1.54) is 199 Å². The standard InChI is InChI=1S/C75H134NO8P/c1-3-5-7-9-11-13-15-17-19-21-23-25-27-29-30-31-32-33-34-35-36-37-38-39-40-41-42-44-45-47-49-51-53-55-57-59-61-63-65-67-74(77)81-71-73(72-83-85(79,80)82-70-69-76)84-75(78)68-66-64-62-60-58-56-54-52-50-48-46-43-28-26-24-22-20-18-16-14-12-10-8-6-4-2/h6,8,12,14-15,17-18,20-21,23-24,26,43,46,50,52,73H,3-5,7,9-11,13,16,19,22,25,27-42,44-45,47-49,51,53-72,76H2,1-2H3,(H,79,80)/b8-6-,14-12-,17-15-,20-18-,23-21-,26-24-,46-43-,52-50-. The highest BCUT2D eigenvalue weighted by Crippen LogP contribution is 2.43. The summed E-state index contributed by atoms with van der Waals surface area (Å²) in [6.45, 7) is 3.63. The van der Waals surface area contributed by atoms with E-state index in [9.17, 15) is 19.0 Å². The zero-order valence-electron chi connectivity index (χ0n) is 55.3. The van der Waals surface area contributed by atoms with Gasteiger partial charge in [-0.3, -0.25) is 18.6 Å². The highest BCUT2D eigenvalue weighted by atomic mass is 31.2. The molecular weight excluding hydrogens is 1070 g/mol. The van der Waals surface area contributed by atoms with Crippen LogP contribution in [0.25, 0.3) is 0 Å². The minimum Gasteiger partial charge on any atom is -0.462 e. The molecule has 85 heavy (non-hydrogen) atoms. The zero-order valence-corrected chi connectivity index (χ0v) is 56.2. The lowest BCUT2D eigenvalue weighted by Gasteiger charge is -2.19. The molecular formula is C75H134NO8P. The largest absolute Gasteiger partial charge is 0.472 e. The summed E-state index contributed by atoms with van der Waals surface area (Å²) in [5, 5.41) is 0. The van der Waals surface area contributed by atoms with Crippen molar-refractivity contribution in [3.8, 4) is 0 Å². The summed E-state index contributed by atoms with van der Waals surface area (Å²) in [5.41, 5.74) is 5.40. The second kappa shape index (κ2) is 70.0. The molecule has 0 aromatic heterocycles. The second-order valence-corrected chi connectivity index (χ2v) is 25.2. The van der Waals surface area contributed by atoms with Crippen LogP contribution in [0.2, 0.25) is 0 Å². The number of unbranched alkanes of at least 4 members (excludes halogenated alkanes) is 38. The fraction of sp³-hybridized carbons (Fsp3) is 0.760. The Morgan fingerprint density at radius 3 is 0.965 bits per heavy atom. The van der Waals surface area contributed by atoms with Crippen molar-refractivity contribution in [2.75, 3.05) is 26.4 Å². The molecule has 0 bridgehead atoms. The Kier molecular flexibility index (Phi) is 67.5. The zero-order chi connectivity index (χ0) is 61.6. The van der Waals surface area contributed by atoms with E-state index >= 15 is 0 Å². The molecule has 0 aromatic carbocycles. The predicted octanol–water partition coefficient (Wildman–Crippen LogP) is 23.5. The molecule has 0 amide bonds. The van der Waals surface area contributed by atoms with E-state index in [-0.39, 0.29) is 38.6 Å². The van der Waals surface area contributed by atoms with Gasteiger partial charge in [-0.1, -0.05) is 323 Å². The minimum atomic E-state index is -4.40. The maximum absolute atomic E-state index is 12.7. The number of phosphoric ester groups is 1. The first-order valence-electron chi connectivity index (χ1n) is 35.7. The number of esters is 2. The topological polar surface area (TPSA) is 134 Å². The van der Waals surface area contributed by atoms with Crippen LogP contribution in [0.15, 0.2) is 97.2 Å². The number of hydrogen-bond donors (Lipinski definition) is 2. The first kappa shape index (κ1) is 81.9. The van der Waals surface area contributed by atoms with Gasteiger partial charge < -0.3 is 20.1 Å². The van der Waals surface area contributed by atoms with Gasteiger partial charge in [0.05, 0.1) is 13.2 Å². The smallest absolute Gasteiger partial charge is 0.462 e. The minimum absolute atomic E-state index is 0.0477. The molecule has 0 radical (unpaired) electrons. The third-order valence-corrected chi connectivity index (χ3v) is 16.4. The Bertz CT molecular complexity index is 1720. The molecule has 0 fully saturated rings. The maximum Gasteiger partial charge on any atom is 0.472 e. The van der Waals surface area contributed by atoms with Crippen molar-refractivity contribution in [2.45, 2.75) is 341 Å². The van der Waals surface area contributed by atoms with Crippen molar-refractivity contribution in [2.24, 2.45) is 5.73 Å². The van der Waals surface area contributed by atoms with E-state index in [0.29, 0.717) is 6.42 Å². The Hall–Kier alpha value is -3.07. The number of phosphoric acid groups is 1. The van der Waals surface area contributed by atoms with Crippen molar-refractivity contribution < 1.29 is 37.6 Å². The highest BCUT2D eigenvalue weighted by Gasteiger charge is 2.26. The molecule has 0 rings (SSSR count). The maximum atomic E-state index is 12.7. The van der Waals surface area contributed by atoms with Crippen LogP contribution >= 0.6 is 7.82 Å². The summed E-state index contributed by atoms with van der Waals surface area (Å²) in [4.78, 5) is 35.3. The molecule has 492 valence electrons. The van der Waals surface area contributed by atoms with Gasteiger partial charge in [-0.05, 0) is 96.3 Å². The highest BCUT2D eigenvalue weighted by molar-refractivity contribution is 7.47. The molecule has 9 nitrogen and oxygen atoms in total. The van der Waals surface area contributed by atoms with E-state index < -0.39 is 26.5 Å². The van der Waals surface area contributed by atoms with Crippen LogP contribution in [0.5, 0.6) is 0 Å². The van der Waals surface area contributed by atoms with E-state index in [1.807, 2.05) is 0 Å². The van der Waals surface area contributed by atoms with Gasteiger partial charge in [0.1, 0.15) is 6.61 Å². The Morgan fingerprint density at radius 1 is 0.365 bits per heavy atom. The fourth-order valence-corrected chi connectivity index (χ4v) is 11.0. The normalized spacial score (nSPS) is 13.5. The van der Waals surface area contributed by atoms with Gasteiger partial charge in [0.2, 0.25) is 0 Å². The van der Waals surface area contributed by atoms with Gasteiger partial charge in [-0.25, -0.2) is 4.57 Å². The summed E-state index contributed by atoms with van der Waals surface area (Å²) in [6.07, 6.45) is 95.2. The first-order chi connectivity index (χ1) is 41.8. The molecule has 0 saturated carbocycles. The molecule has 2 atom stereocenters. The Morgan fingerprint density at radius 2 is 0.647 bits per heavy atom. The summed E-state index contributed by atoms with van der Waals surface area (Å²) in [6, 6.07) is 0. The number of ether oxygens (including phenoxy) is 2. The van der Waals surface area contributed by atoms with Gasteiger partial charge in [0.25, 0.3) is 0 Å². The van der Waals surface area contributed by atoms with Crippen molar-refractivity contribution >= 4 is 19.8 Å². The van der Waals surface area contributed by atoms with E-state index in [4.69, 9.17) is 24.3 Å². The van der Waals surface area contributed by atoms with E-state index in [1.54, 1.807) is 0 Å². The van der Waals surface area contributed by atoms with Crippen LogP contribution in [0.3, 0.4) is 0 Å². The van der Waals surface area contributed by atoms with Crippen LogP contribution in [-0.2, 0) is 32.7 Å². The van der Waals surface area contributed by atoms with Crippen molar-refractivity contribution in [1.29, 1.82) is 0 Å². The lowest BCUT2D eigenvalue weighted by atomic mass is 10.0. The molecule has 3 N–H and O–H groups in total. The molecule has 0 aliphatic rings. The number of rotatable bonds is 67. The molecule has 0 aliphatic carbocycles. The van der Waals surface area contributed by atoms with Crippen LogP contribution in [-0.4, -0.2) is 49.3 Å². The van der Waals surface area contributed by atoms with Crippen LogP contribution in [0.1, 0.15) is 335 Å². The molecule has 0 aliphatic heterocycles. The predicted molar refractivity (Wildman–Crippen MR) is 367 cm³/mol. The molecule has 10 heteroatoms. The number of hydrogen-bond acceptors (Lipinski definition) is 8. The van der Waals surface area contributed by atoms with E-state index in [2.05, 4.69) is 111 Å². The van der Waals surface area contributed by atoms with Crippen molar-refractivity contribution in [1.82, 2.24) is 0 Å². The Labute approximate surface area is 525 Å². The quantitative estimate of drug-likeness (QED) is 0.0264. The Balaban J connectivity index is 3.82. The SMILES string of the molecule is CC/C=C\C/C=C\C/C=C\C/C=C\C/C=C\C/C=C\CCCCCCCCC(=O)OC(COC(=O)CCCCCCCCCCCCCCCCCCCCCCCCCCCCC/C=C\C/C=C\CCCCCCC)COP(=O)(O)OCCN. The van der Waals surface area contributed by atoms with Gasteiger partial charge in [0.15, 0.2) is 6.10 Å². The third kappa shape index (κ3) is 69.9. The second-order valence-electron chi connectivity index (χ2n) is 23.7. The van der Waals surface area contributed by atoms with Crippen LogP contribution in [0.4, 0.5) is 0 Å². The molecule has 2 unspecified atom stereocenters. The molecule has 0 spiro atoms. The number of nitrogens with two attached hydrogens (primary N) is 1. The third-order valence-electron chi connectivity index (χ3n) is 15.5. The van der Waals surface area contributed by atoms with Gasteiger partial charge in [0, 0.05) is 19.4 Å². The first-order valence-corrected chi connectivity index (χ1v) is 37.2. The summed E-state index contributed by atoms with van der Waals surface area (Å²) in [7, 11) is -4.40. The molecule has 0 heterocycles. The van der Waals surface area contributed by atoms with Crippen molar-refractivity contribution in [3.05, 3.63) is 97.2 Å². The lowest BCUT2D eigenvalue weighted by Crippen LogP contribution is -2.29. The fourth-order valence-electron chi connectivity index (χ4n) is 10.2. The number of carbonyl (C=O) groups is 2. The summed E-state index contributed by atoms with van der Waals surface area (Å²) >= 11 is 0. The van der Waals surface area contributed by atoms with E-state index in [0.717, 1.165) is 103 Å². The van der Waals surface area contributed by atoms with Gasteiger partial charge >= 0.3 is 19.8 Å². The van der Waals surface area contributed by atoms with Gasteiger partial charge in [-0.2, -0.15) is 0 Å². The number of allylic oxidation sites excluding steroid dienone is 16. The van der Waals surface area contributed by atoms with Crippen LogP contribution in [0, 0.1) is 0 Å². The van der Waals surface area contributed by atoms with Crippen LogP contribution < -0.4 is 5.73 Å². The number of carbonyl (C=O) groups excluding carboxylic acids is 2. The molecule has 0 aromatic rings. The van der Waals surface area contributed by atoms with Gasteiger partial charge in [-0.15, -0.1) is 0 Å². The average Bonchev–Trinajstić information content (AvgIpc) is 3.52. The molecule has 0 saturated heterocycles. The summed E-state index contributed by atoms with van der Waals surface area (Å²) in [5.74, 6) is -0.837. The lowest BCUT2D eigenvalue weighted by molar-refractivity contribution is -0.161.